The molecule has 4 aliphatic rings. The number of piperidine rings is 3. The van der Waals surface area contributed by atoms with Gasteiger partial charge in [0, 0.05) is 55.5 Å². The number of esters is 1. The van der Waals surface area contributed by atoms with Crippen LogP contribution in [-0.4, -0.2) is 69.6 Å². The van der Waals surface area contributed by atoms with Gasteiger partial charge in [-0.15, -0.1) is 0 Å². The number of quaternary nitrogens is 1. The summed E-state index contributed by atoms with van der Waals surface area (Å²) in [5.74, 6) is -4.55. The third kappa shape index (κ3) is 5.32. The number of amides is 1. The van der Waals surface area contributed by atoms with Crippen molar-refractivity contribution in [2.75, 3.05) is 31.5 Å². The monoisotopic (exact) mass is 586 g/mol. The van der Waals surface area contributed by atoms with E-state index in [4.69, 9.17) is 4.74 Å². The number of thiophene rings is 1. The van der Waals surface area contributed by atoms with Crippen molar-refractivity contribution in [2.24, 2.45) is 11.8 Å². The van der Waals surface area contributed by atoms with Gasteiger partial charge in [-0.05, 0) is 29.3 Å². The van der Waals surface area contributed by atoms with Crippen molar-refractivity contribution < 1.29 is 49.7 Å². The molecule has 2 aromatic rings. The maximum absolute atomic E-state index is 14.0. The van der Waals surface area contributed by atoms with E-state index in [9.17, 15) is 23.5 Å². The number of carbonyl (C=O) groups is 2. The Morgan fingerprint density at radius 2 is 1.97 bits per heavy atom. The number of aliphatic hydroxyl groups is 1. The molecule has 36 heavy (non-hydrogen) atoms. The lowest BCUT2D eigenvalue weighted by molar-refractivity contribution is -0.939. The van der Waals surface area contributed by atoms with Gasteiger partial charge in [-0.2, -0.15) is 11.3 Å². The van der Waals surface area contributed by atoms with Crippen LogP contribution < -0.4 is 22.3 Å². The minimum Gasteiger partial charge on any atom is -1.00 e. The third-order valence-electron chi connectivity index (χ3n) is 7.86. The molecule has 5 heterocycles. The number of nitrogens with one attached hydrogen (secondary N) is 1. The highest BCUT2D eigenvalue weighted by atomic mass is 79.9. The van der Waals surface area contributed by atoms with Gasteiger partial charge in [0.2, 0.25) is 11.9 Å². The Kier molecular flexibility index (Phi) is 7.80. The molecule has 0 spiro atoms. The fraction of sp³-hybridized carbons (Fsp3) is 0.583. The normalized spacial score (nSPS) is 30.1. The molecule has 6 rings (SSSR count). The Morgan fingerprint density at radius 1 is 1.25 bits per heavy atom. The van der Waals surface area contributed by atoms with Crippen LogP contribution in [0.25, 0.3) is 0 Å². The molecule has 2 N–H and O–H groups in total. The van der Waals surface area contributed by atoms with E-state index in [1.165, 1.54) is 11.3 Å². The number of halogens is 3. The Bertz CT molecular complexity index is 1070. The number of hydrogen-bond donors (Lipinski definition) is 2. The lowest BCUT2D eigenvalue weighted by Gasteiger charge is -2.51. The summed E-state index contributed by atoms with van der Waals surface area (Å²) < 4.78 is 34.4. The van der Waals surface area contributed by atoms with E-state index in [0.29, 0.717) is 16.6 Å². The number of aromatic nitrogens is 2. The second-order valence-electron chi connectivity index (χ2n) is 10.1. The zero-order chi connectivity index (χ0) is 24.7. The third-order valence-corrected chi connectivity index (χ3v) is 8.55. The molecule has 0 radical (unpaired) electrons. The fourth-order valence-electron chi connectivity index (χ4n) is 5.94. The van der Waals surface area contributed by atoms with Gasteiger partial charge in [-0.25, -0.2) is 23.5 Å². The summed E-state index contributed by atoms with van der Waals surface area (Å²) in [4.78, 5) is 34.2. The van der Waals surface area contributed by atoms with E-state index >= 15 is 0 Å². The Labute approximate surface area is 222 Å². The Balaban J connectivity index is 0.00000304. The molecule has 196 valence electrons. The predicted molar refractivity (Wildman–Crippen MR) is 123 cm³/mol. The van der Waals surface area contributed by atoms with Gasteiger partial charge < -0.3 is 31.3 Å². The molecule has 1 aliphatic carbocycles. The van der Waals surface area contributed by atoms with Crippen molar-refractivity contribution in [1.29, 1.82) is 0 Å². The highest BCUT2D eigenvalue weighted by molar-refractivity contribution is 7.08. The van der Waals surface area contributed by atoms with Gasteiger partial charge >= 0.3 is 5.97 Å². The molecule has 4 fully saturated rings. The van der Waals surface area contributed by atoms with Gasteiger partial charge in [0.05, 0.1) is 13.1 Å². The lowest BCUT2D eigenvalue weighted by Crippen LogP contribution is -3.00. The van der Waals surface area contributed by atoms with Gasteiger partial charge in [0.15, 0.2) is 18.2 Å². The number of anilines is 1. The molecule has 2 unspecified atom stereocenters. The van der Waals surface area contributed by atoms with Crippen molar-refractivity contribution in [3.05, 3.63) is 40.8 Å². The van der Waals surface area contributed by atoms with Crippen molar-refractivity contribution in [1.82, 2.24) is 9.97 Å². The smallest absolute Gasteiger partial charge is 0.343 e. The average Bonchev–Trinajstić information content (AvgIpc) is 3.50. The van der Waals surface area contributed by atoms with Gasteiger partial charge in [0.1, 0.15) is 6.54 Å². The second-order valence-corrected chi connectivity index (χ2v) is 10.9. The molecule has 12 heteroatoms. The van der Waals surface area contributed by atoms with Crippen molar-refractivity contribution in [3.63, 3.8) is 0 Å². The van der Waals surface area contributed by atoms with Crippen LogP contribution in [0.15, 0.2) is 35.3 Å². The van der Waals surface area contributed by atoms with E-state index in [0.717, 1.165) is 25.9 Å². The molecule has 3 atom stereocenters. The first-order valence-corrected chi connectivity index (χ1v) is 12.9. The van der Waals surface area contributed by atoms with E-state index in [1.54, 1.807) is 35.3 Å². The second kappa shape index (κ2) is 10.4. The van der Waals surface area contributed by atoms with Gasteiger partial charge in [0.25, 0.3) is 5.91 Å². The minimum atomic E-state index is -2.91. The number of alkyl halides is 2. The summed E-state index contributed by atoms with van der Waals surface area (Å²) in [7, 11) is 0. The van der Waals surface area contributed by atoms with E-state index in [2.05, 4.69) is 15.3 Å². The number of ether oxygens (including phenoxy) is 1. The first kappa shape index (κ1) is 27.0. The number of hydrogen-bond acceptors (Lipinski definition) is 7. The topological polar surface area (TPSA) is 101 Å². The quantitative estimate of drug-likeness (QED) is 0.349. The van der Waals surface area contributed by atoms with Crippen molar-refractivity contribution >= 4 is 29.2 Å². The van der Waals surface area contributed by atoms with E-state index < -0.39 is 35.9 Å². The standard InChI is InChI=1S/C24H28F2N4O4S.BrH/c25-23(26)6-2-17(12-23)24(33,18-5-11-35-15-18)21(32)34-19-13-30(9-3-16(19)4-10-30)14-20(31)29-22-27-7-1-8-28-22;/h1,5,7-8,11,15-17,19,33H,2-4,6,9-10,12-14H2;1H/t16?,17?,19?,24-,30?;/m1./s1. The summed E-state index contributed by atoms with van der Waals surface area (Å²) in [6, 6.07) is 3.26. The number of nitrogens with zero attached hydrogens (tertiary/aromatic N) is 3. The highest BCUT2D eigenvalue weighted by Crippen LogP contribution is 2.49. The van der Waals surface area contributed by atoms with Crippen LogP contribution in [0.1, 0.15) is 37.7 Å². The number of rotatable bonds is 7. The molecule has 3 aliphatic heterocycles. The van der Waals surface area contributed by atoms with Gasteiger partial charge in [-0.3, -0.25) is 10.1 Å². The molecule has 8 nitrogen and oxygen atoms in total. The molecule has 3 saturated heterocycles. The number of carbonyl (C=O) groups excluding carboxylic acids is 2. The van der Waals surface area contributed by atoms with Crippen molar-refractivity contribution in [2.45, 2.75) is 49.7 Å². The lowest BCUT2D eigenvalue weighted by atomic mass is 9.80. The Morgan fingerprint density at radius 3 is 2.58 bits per heavy atom. The zero-order valence-corrected chi connectivity index (χ0v) is 22.0. The summed E-state index contributed by atoms with van der Waals surface area (Å²) in [5, 5.41) is 17.6. The van der Waals surface area contributed by atoms with Crippen LogP contribution in [0.2, 0.25) is 0 Å². The molecule has 1 amide bonds. The van der Waals surface area contributed by atoms with Crippen LogP contribution in [0, 0.1) is 11.8 Å². The number of fused-ring (bicyclic) bond motifs is 3. The summed E-state index contributed by atoms with van der Waals surface area (Å²) >= 11 is 1.29. The minimum absolute atomic E-state index is 0. The maximum atomic E-state index is 14.0. The molecule has 2 aromatic heterocycles. The van der Waals surface area contributed by atoms with Crippen molar-refractivity contribution in [3.8, 4) is 0 Å². The van der Waals surface area contributed by atoms with Crippen LogP contribution in [-0.2, 0) is 19.9 Å². The van der Waals surface area contributed by atoms with E-state index in [1.807, 2.05) is 0 Å². The molecular weight excluding hydrogens is 558 g/mol. The molecule has 0 aromatic carbocycles. The van der Waals surface area contributed by atoms with Crippen LogP contribution in [0.3, 0.4) is 0 Å². The van der Waals surface area contributed by atoms with Crippen LogP contribution in [0.5, 0.6) is 0 Å². The SMILES string of the molecule is O=C(C[N+]12CCC(CC1)C(OC(=O)[C@](O)(c1ccsc1)C1CCC(F)(F)C1)C2)Nc1ncccn1.[Br-]. The Hall–Kier alpha value is -2.02. The molecular formula is C24H29BrF2N4O4S. The van der Waals surface area contributed by atoms with Crippen LogP contribution >= 0.6 is 11.3 Å². The molecule has 1 saturated carbocycles. The summed E-state index contributed by atoms with van der Waals surface area (Å²) in [6.45, 7) is 2.21. The molecule has 2 bridgehead atoms. The van der Waals surface area contributed by atoms with Crippen LogP contribution in [0.4, 0.5) is 14.7 Å². The fourth-order valence-corrected chi connectivity index (χ4v) is 6.65. The predicted octanol–water partition coefficient (Wildman–Crippen LogP) is -0.0440. The summed E-state index contributed by atoms with van der Waals surface area (Å²) in [6.07, 6.45) is 3.31. The van der Waals surface area contributed by atoms with Gasteiger partial charge in [-0.1, -0.05) is 0 Å². The first-order chi connectivity index (χ1) is 16.7. The largest absolute Gasteiger partial charge is 1.00 e. The maximum Gasteiger partial charge on any atom is 0.343 e. The zero-order valence-electron chi connectivity index (χ0n) is 19.6. The van der Waals surface area contributed by atoms with E-state index in [-0.39, 0.29) is 54.1 Å². The summed E-state index contributed by atoms with van der Waals surface area (Å²) in [5.41, 5.74) is -1.80. The average molecular weight is 587 g/mol. The highest BCUT2D eigenvalue weighted by Gasteiger charge is 2.56. The first-order valence-electron chi connectivity index (χ1n) is 12.0.